The highest BCUT2D eigenvalue weighted by Crippen LogP contribution is 2.24. The zero-order valence-corrected chi connectivity index (χ0v) is 11.7. The van der Waals surface area contributed by atoms with E-state index in [2.05, 4.69) is 35.2 Å². The number of nitrogens with zero attached hydrogens (tertiary/aromatic N) is 4. The van der Waals surface area contributed by atoms with E-state index in [-0.39, 0.29) is 0 Å². The first-order valence-corrected chi connectivity index (χ1v) is 6.71. The highest BCUT2D eigenvalue weighted by Gasteiger charge is 2.27. The highest BCUT2D eigenvalue weighted by atomic mass is 15.3. The molecule has 2 N–H and O–H groups in total. The first kappa shape index (κ1) is 13.5. The number of nitrogens with two attached hydrogens (primary N) is 1. The molecule has 5 nitrogen and oxygen atoms in total. The van der Waals surface area contributed by atoms with Crippen LogP contribution in [0.3, 0.4) is 0 Å². The summed E-state index contributed by atoms with van der Waals surface area (Å²) in [5, 5.41) is 4.26. The van der Waals surface area contributed by atoms with E-state index in [9.17, 15) is 0 Å². The van der Waals surface area contributed by atoms with Crippen molar-refractivity contribution in [1.82, 2.24) is 19.6 Å². The molecule has 1 fully saturated rings. The predicted molar refractivity (Wildman–Crippen MR) is 73.3 cm³/mol. The van der Waals surface area contributed by atoms with Crippen LogP contribution in [-0.2, 0) is 7.05 Å². The second-order valence-electron chi connectivity index (χ2n) is 5.45. The van der Waals surface area contributed by atoms with Crippen LogP contribution in [0, 0.1) is 0 Å². The lowest BCUT2D eigenvalue weighted by atomic mass is 10.0. The molecule has 2 unspecified atom stereocenters. The number of likely N-dealkylation sites (N-methyl/N-ethyl adjacent to an activating group) is 1. The number of hydrogen-bond acceptors (Lipinski definition) is 4. The lowest BCUT2D eigenvalue weighted by Gasteiger charge is -2.40. The number of aromatic nitrogens is 2. The van der Waals surface area contributed by atoms with Crippen LogP contribution in [0.25, 0.3) is 0 Å². The number of likely N-dealkylation sites (tertiary alicyclic amines) is 1. The lowest BCUT2D eigenvalue weighted by molar-refractivity contribution is 0.0984. The van der Waals surface area contributed by atoms with E-state index in [1.54, 1.807) is 0 Å². The van der Waals surface area contributed by atoms with Crippen LogP contribution in [0.1, 0.15) is 24.4 Å². The third-order valence-corrected chi connectivity index (χ3v) is 3.93. The molecule has 1 saturated heterocycles. The topological polar surface area (TPSA) is 50.3 Å². The van der Waals surface area contributed by atoms with Crippen molar-refractivity contribution in [3.05, 3.63) is 18.0 Å². The number of rotatable bonds is 4. The van der Waals surface area contributed by atoms with Crippen LogP contribution in [0.2, 0.25) is 0 Å². The van der Waals surface area contributed by atoms with Crippen molar-refractivity contribution >= 4 is 0 Å². The van der Waals surface area contributed by atoms with Gasteiger partial charge in [-0.3, -0.25) is 9.58 Å². The fourth-order valence-electron chi connectivity index (χ4n) is 2.80. The summed E-state index contributed by atoms with van der Waals surface area (Å²) >= 11 is 0. The van der Waals surface area contributed by atoms with Crippen LogP contribution >= 0.6 is 0 Å². The van der Waals surface area contributed by atoms with Crippen molar-refractivity contribution in [3.63, 3.8) is 0 Å². The number of hydrogen-bond donors (Lipinski definition) is 1. The van der Waals surface area contributed by atoms with Gasteiger partial charge in [-0.1, -0.05) is 0 Å². The third-order valence-electron chi connectivity index (χ3n) is 3.93. The first-order chi connectivity index (χ1) is 8.61. The summed E-state index contributed by atoms with van der Waals surface area (Å²) in [6.07, 6.45) is 6.56. The fourth-order valence-corrected chi connectivity index (χ4v) is 2.80. The van der Waals surface area contributed by atoms with Gasteiger partial charge in [0.1, 0.15) is 0 Å². The van der Waals surface area contributed by atoms with Gasteiger partial charge in [0.25, 0.3) is 0 Å². The quantitative estimate of drug-likeness (QED) is 0.844. The molecule has 0 spiro atoms. The minimum Gasteiger partial charge on any atom is -0.329 e. The molecular weight excluding hydrogens is 226 g/mol. The van der Waals surface area contributed by atoms with Gasteiger partial charge in [-0.05, 0) is 33.5 Å². The van der Waals surface area contributed by atoms with Crippen molar-refractivity contribution in [1.29, 1.82) is 0 Å². The summed E-state index contributed by atoms with van der Waals surface area (Å²) in [5.74, 6) is 0. The maximum Gasteiger partial charge on any atom is 0.0538 e. The van der Waals surface area contributed by atoms with E-state index in [0.29, 0.717) is 18.6 Å². The Kier molecular flexibility index (Phi) is 4.37. The molecule has 1 aromatic rings. The van der Waals surface area contributed by atoms with Crippen molar-refractivity contribution in [2.75, 3.05) is 33.7 Å². The lowest BCUT2D eigenvalue weighted by Crippen LogP contribution is -2.47. The van der Waals surface area contributed by atoms with Gasteiger partial charge >= 0.3 is 0 Å². The Morgan fingerprint density at radius 3 is 2.89 bits per heavy atom. The molecule has 0 aliphatic carbocycles. The summed E-state index contributed by atoms with van der Waals surface area (Å²) in [4.78, 5) is 4.83. The van der Waals surface area contributed by atoms with E-state index in [1.807, 2.05) is 17.9 Å². The molecule has 2 atom stereocenters. The second-order valence-corrected chi connectivity index (χ2v) is 5.45. The second kappa shape index (κ2) is 5.82. The van der Waals surface area contributed by atoms with Crippen LogP contribution in [0.15, 0.2) is 12.4 Å². The maximum atomic E-state index is 5.97. The molecule has 2 heterocycles. The molecule has 0 bridgehead atoms. The minimum absolute atomic E-state index is 0.307. The average Bonchev–Trinajstić information content (AvgIpc) is 2.77. The number of aryl methyl sites for hydroxylation is 1. The Balaban J connectivity index is 2.08. The van der Waals surface area contributed by atoms with Crippen molar-refractivity contribution in [2.45, 2.75) is 24.9 Å². The molecule has 0 saturated carbocycles. The summed E-state index contributed by atoms with van der Waals surface area (Å²) in [6.45, 7) is 2.90. The van der Waals surface area contributed by atoms with Gasteiger partial charge in [0.15, 0.2) is 0 Å². The number of piperidine rings is 1. The first-order valence-electron chi connectivity index (χ1n) is 6.71. The van der Waals surface area contributed by atoms with Crippen LogP contribution in [0.5, 0.6) is 0 Å². The molecular formula is C13H25N5. The molecule has 1 aliphatic rings. The Morgan fingerprint density at radius 1 is 1.56 bits per heavy atom. The van der Waals surface area contributed by atoms with Crippen LogP contribution in [-0.4, -0.2) is 59.4 Å². The van der Waals surface area contributed by atoms with Crippen LogP contribution in [0.4, 0.5) is 0 Å². The predicted octanol–water partition coefficient (Wildman–Crippen LogP) is 0.446. The largest absolute Gasteiger partial charge is 0.329 e. The van der Waals surface area contributed by atoms with E-state index >= 15 is 0 Å². The van der Waals surface area contributed by atoms with Gasteiger partial charge < -0.3 is 10.6 Å². The monoisotopic (exact) mass is 251 g/mol. The normalized spacial score (nSPS) is 23.5. The SMILES string of the molecule is CN(C)C1CCCN(C(CN)c2cnn(C)c2)C1. The van der Waals surface area contributed by atoms with Crippen molar-refractivity contribution < 1.29 is 0 Å². The summed E-state index contributed by atoms with van der Waals surface area (Å²) in [6, 6.07) is 0.950. The molecule has 0 amide bonds. The zero-order chi connectivity index (χ0) is 13.1. The summed E-state index contributed by atoms with van der Waals surface area (Å²) < 4.78 is 1.85. The average molecular weight is 251 g/mol. The molecule has 0 aromatic carbocycles. The van der Waals surface area contributed by atoms with Gasteiger partial charge in [-0.25, -0.2) is 0 Å². The zero-order valence-electron chi connectivity index (χ0n) is 11.7. The van der Waals surface area contributed by atoms with E-state index < -0.39 is 0 Å². The van der Waals surface area contributed by atoms with Gasteiger partial charge in [0.05, 0.1) is 12.2 Å². The van der Waals surface area contributed by atoms with Crippen LogP contribution < -0.4 is 5.73 Å². The van der Waals surface area contributed by atoms with Gasteiger partial charge in [-0.2, -0.15) is 5.10 Å². The van der Waals surface area contributed by atoms with E-state index in [0.717, 1.165) is 13.1 Å². The smallest absolute Gasteiger partial charge is 0.0538 e. The van der Waals surface area contributed by atoms with Gasteiger partial charge in [0.2, 0.25) is 0 Å². The van der Waals surface area contributed by atoms with Gasteiger partial charge in [-0.15, -0.1) is 0 Å². The Morgan fingerprint density at radius 2 is 2.33 bits per heavy atom. The minimum atomic E-state index is 0.307. The third kappa shape index (κ3) is 2.91. The van der Waals surface area contributed by atoms with E-state index in [1.165, 1.54) is 18.4 Å². The summed E-state index contributed by atoms with van der Waals surface area (Å²) in [7, 11) is 6.28. The molecule has 2 rings (SSSR count). The summed E-state index contributed by atoms with van der Waals surface area (Å²) in [5.41, 5.74) is 7.21. The standard InChI is InChI=1S/C13H25N5/c1-16(2)12-5-4-6-18(10-12)13(7-14)11-8-15-17(3)9-11/h8-9,12-13H,4-7,10,14H2,1-3H3. The van der Waals surface area contributed by atoms with E-state index in [4.69, 9.17) is 5.73 Å². The molecule has 5 heteroatoms. The molecule has 18 heavy (non-hydrogen) atoms. The van der Waals surface area contributed by atoms with Crippen molar-refractivity contribution in [3.8, 4) is 0 Å². The molecule has 1 aromatic heterocycles. The Bertz CT molecular complexity index is 373. The van der Waals surface area contributed by atoms with Crippen molar-refractivity contribution in [2.24, 2.45) is 12.8 Å². The van der Waals surface area contributed by atoms with Gasteiger partial charge in [0, 0.05) is 37.9 Å². The molecule has 0 radical (unpaired) electrons. The Labute approximate surface area is 110 Å². The molecule has 1 aliphatic heterocycles. The maximum absolute atomic E-state index is 5.97. The Hall–Kier alpha value is -0.910. The fraction of sp³-hybridized carbons (Fsp3) is 0.769. The molecule has 102 valence electrons. The highest BCUT2D eigenvalue weighted by molar-refractivity contribution is 5.11.